The Kier molecular flexibility index (Phi) is 6.45. The van der Waals surface area contributed by atoms with Crippen molar-refractivity contribution in [2.75, 3.05) is 0 Å². The molecule has 2 saturated carbocycles. The molecule has 0 aromatic heterocycles. The van der Waals surface area contributed by atoms with Gasteiger partial charge < -0.3 is 0 Å². The minimum absolute atomic E-state index is 0.135. The van der Waals surface area contributed by atoms with Crippen LogP contribution in [0.3, 0.4) is 0 Å². The normalized spacial score (nSPS) is 31.4. The van der Waals surface area contributed by atoms with Gasteiger partial charge in [0.2, 0.25) is 0 Å². The molecule has 0 atom stereocenters. The van der Waals surface area contributed by atoms with E-state index >= 15 is 0 Å². The Hall–Kier alpha value is -1.18. The van der Waals surface area contributed by atoms with E-state index in [9.17, 15) is 8.78 Å². The quantitative estimate of drug-likeness (QED) is 0.536. The van der Waals surface area contributed by atoms with Gasteiger partial charge in [-0.1, -0.05) is 31.1 Å². The lowest BCUT2D eigenvalue weighted by atomic mass is 9.74. The summed E-state index contributed by atoms with van der Waals surface area (Å²) >= 11 is 0. The highest BCUT2D eigenvalue weighted by molar-refractivity contribution is 5.20. The van der Waals surface area contributed by atoms with Gasteiger partial charge in [-0.15, -0.1) is 0 Å². The van der Waals surface area contributed by atoms with Gasteiger partial charge in [-0.2, -0.15) is 0 Å². The molecule has 2 fully saturated rings. The van der Waals surface area contributed by atoms with Crippen LogP contribution in [0.1, 0.15) is 75.7 Å². The number of hydrogen-bond acceptors (Lipinski definition) is 0. The van der Waals surface area contributed by atoms with E-state index in [4.69, 9.17) is 0 Å². The first kappa shape index (κ1) is 17.6. The highest BCUT2D eigenvalue weighted by Gasteiger charge is 2.24. The van der Waals surface area contributed by atoms with Crippen molar-refractivity contribution >= 4 is 0 Å². The minimum atomic E-state index is -0.135. The highest BCUT2D eigenvalue weighted by atomic mass is 19.1. The average Bonchev–Trinajstić information content (AvgIpc) is 2.63. The maximum atomic E-state index is 13.0. The van der Waals surface area contributed by atoms with Crippen LogP contribution in [0, 0.1) is 23.6 Å². The van der Waals surface area contributed by atoms with Crippen molar-refractivity contribution in [1.29, 1.82) is 0 Å². The van der Waals surface area contributed by atoms with Crippen molar-refractivity contribution in [2.45, 2.75) is 70.1 Å². The van der Waals surface area contributed by atoms with Gasteiger partial charge in [0.05, 0.1) is 6.33 Å². The van der Waals surface area contributed by atoms with Gasteiger partial charge in [0.25, 0.3) is 0 Å². The van der Waals surface area contributed by atoms with E-state index in [-0.39, 0.29) is 5.82 Å². The molecule has 2 heteroatoms. The van der Waals surface area contributed by atoms with Gasteiger partial charge in [0.1, 0.15) is 5.82 Å². The van der Waals surface area contributed by atoms with Crippen LogP contribution < -0.4 is 0 Å². The molecule has 0 spiro atoms. The summed E-state index contributed by atoms with van der Waals surface area (Å²) in [7, 11) is 0. The molecule has 0 amide bonds. The van der Waals surface area contributed by atoms with Crippen LogP contribution in [-0.2, 0) is 0 Å². The van der Waals surface area contributed by atoms with Crippen LogP contribution >= 0.6 is 0 Å². The fraction of sp³-hybridized carbons (Fsp3) is 0.636. The van der Waals surface area contributed by atoms with Crippen LogP contribution in [0.2, 0.25) is 0 Å². The summed E-state index contributed by atoms with van der Waals surface area (Å²) in [4.78, 5) is 0. The van der Waals surface area contributed by atoms with Gasteiger partial charge in [0.15, 0.2) is 0 Å². The van der Waals surface area contributed by atoms with E-state index in [2.05, 4.69) is 0 Å². The predicted molar refractivity (Wildman–Crippen MR) is 96.0 cm³/mol. The third kappa shape index (κ3) is 4.91. The lowest BCUT2D eigenvalue weighted by molar-refractivity contribution is 0.245. The third-order valence-electron chi connectivity index (χ3n) is 6.41. The summed E-state index contributed by atoms with van der Waals surface area (Å²) in [5.74, 6) is 2.72. The first-order chi connectivity index (χ1) is 11.7. The number of rotatable bonds is 5. The molecule has 0 radical (unpaired) electrons. The number of allylic oxidation sites excluding steroid dienone is 1. The lowest BCUT2D eigenvalue weighted by Gasteiger charge is -2.31. The molecular formula is C22H30F2. The molecule has 132 valence electrons. The molecular weight excluding hydrogens is 302 g/mol. The average molecular weight is 332 g/mol. The molecule has 0 N–H and O–H groups in total. The van der Waals surface area contributed by atoms with Gasteiger partial charge in [-0.05, 0) is 92.7 Å². The van der Waals surface area contributed by atoms with Crippen LogP contribution in [-0.4, -0.2) is 0 Å². The van der Waals surface area contributed by atoms with E-state index in [1.165, 1.54) is 69.8 Å². The molecule has 0 bridgehead atoms. The molecule has 2 aliphatic rings. The van der Waals surface area contributed by atoms with E-state index in [0.717, 1.165) is 18.2 Å². The van der Waals surface area contributed by atoms with E-state index < -0.39 is 0 Å². The summed E-state index contributed by atoms with van der Waals surface area (Å²) in [6, 6.07) is 7.11. The molecule has 0 heterocycles. The summed E-state index contributed by atoms with van der Waals surface area (Å²) in [6.07, 6.45) is 15.2. The van der Waals surface area contributed by atoms with E-state index in [1.54, 1.807) is 18.2 Å². The van der Waals surface area contributed by atoms with Gasteiger partial charge >= 0.3 is 0 Å². The Morgan fingerprint density at radius 3 is 1.88 bits per heavy atom. The molecule has 2 aliphatic carbocycles. The Balaban J connectivity index is 1.36. The lowest BCUT2D eigenvalue weighted by Crippen LogP contribution is -2.17. The zero-order valence-electron chi connectivity index (χ0n) is 14.6. The Bertz CT molecular complexity index is 503. The molecule has 0 nitrogen and oxygen atoms in total. The fourth-order valence-electron chi connectivity index (χ4n) is 4.76. The van der Waals surface area contributed by atoms with E-state index in [0.29, 0.717) is 11.8 Å². The van der Waals surface area contributed by atoms with Gasteiger partial charge in [0, 0.05) is 0 Å². The molecule has 1 aromatic rings. The summed E-state index contributed by atoms with van der Waals surface area (Å²) in [5, 5.41) is 0. The Morgan fingerprint density at radius 1 is 0.792 bits per heavy atom. The second kappa shape index (κ2) is 8.78. The molecule has 1 aromatic carbocycles. The maximum absolute atomic E-state index is 13.0. The van der Waals surface area contributed by atoms with Crippen molar-refractivity contribution in [3.8, 4) is 0 Å². The SMILES string of the molecule is F/C=C/C1CCC(CCC2CCC(c3ccc(F)cc3)CC2)CC1. The molecule has 24 heavy (non-hydrogen) atoms. The summed E-state index contributed by atoms with van der Waals surface area (Å²) in [5.41, 5.74) is 1.31. The second-order valence-corrected chi connectivity index (χ2v) is 7.95. The van der Waals surface area contributed by atoms with Crippen LogP contribution in [0.25, 0.3) is 0 Å². The summed E-state index contributed by atoms with van der Waals surface area (Å²) < 4.78 is 25.3. The van der Waals surface area contributed by atoms with Crippen LogP contribution in [0.15, 0.2) is 36.7 Å². The third-order valence-corrected chi connectivity index (χ3v) is 6.41. The first-order valence-corrected chi connectivity index (χ1v) is 9.77. The standard InChI is InChI=1S/C22H30F2/c23-16-15-19-5-3-17(4-6-19)1-2-18-7-9-20(10-8-18)21-11-13-22(24)14-12-21/h11-20H,1-10H2/b16-15+. The van der Waals surface area contributed by atoms with Gasteiger partial charge in [-0.3, -0.25) is 0 Å². The smallest absolute Gasteiger partial charge is 0.123 e. The van der Waals surface area contributed by atoms with E-state index in [1.807, 2.05) is 12.1 Å². The van der Waals surface area contributed by atoms with Crippen LogP contribution in [0.5, 0.6) is 0 Å². The van der Waals surface area contributed by atoms with Crippen molar-refractivity contribution in [2.24, 2.45) is 17.8 Å². The van der Waals surface area contributed by atoms with Crippen molar-refractivity contribution in [3.63, 3.8) is 0 Å². The predicted octanol–water partition coefficient (Wildman–Crippen LogP) is 7.17. The van der Waals surface area contributed by atoms with Gasteiger partial charge in [-0.25, -0.2) is 8.78 Å². The number of hydrogen-bond donors (Lipinski definition) is 0. The molecule has 0 unspecified atom stereocenters. The Labute approximate surface area is 145 Å². The zero-order chi connectivity index (χ0) is 16.8. The maximum Gasteiger partial charge on any atom is 0.123 e. The monoisotopic (exact) mass is 332 g/mol. The molecule has 0 aliphatic heterocycles. The largest absolute Gasteiger partial charge is 0.216 e. The Morgan fingerprint density at radius 2 is 1.33 bits per heavy atom. The number of halogens is 2. The zero-order valence-corrected chi connectivity index (χ0v) is 14.6. The van der Waals surface area contributed by atoms with Crippen molar-refractivity contribution < 1.29 is 8.78 Å². The second-order valence-electron chi connectivity index (χ2n) is 7.95. The number of benzene rings is 1. The van der Waals surface area contributed by atoms with Crippen molar-refractivity contribution in [3.05, 3.63) is 48.1 Å². The summed E-state index contributed by atoms with van der Waals surface area (Å²) in [6.45, 7) is 0. The minimum Gasteiger partial charge on any atom is -0.216 e. The van der Waals surface area contributed by atoms with Crippen LogP contribution in [0.4, 0.5) is 8.78 Å². The van der Waals surface area contributed by atoms with Crippen molar-refractivity contribution in [1.82, 2.24) is 0 Å². The molecule has 3 rings (SSSR count). The first-order valence-electron chi connectivity index (χ1n) is 9.77. The fourth-order valence-corrected chi connectivity index (χ4v) is 4.76. The molecule has 0 saturated heterocycles. The topological polar surface area (TPSA) is 0 Å². The highest BCUT2D eigenvalue weighted by Crippen LogP contribution is 2.39.